The minimum Gasteiger partial charge on any atom is -0.370 e. The highest BCUT2D eigenvalue weighted by Crippen LogP contribution is 2.20. The van der Waals surface area contributed by atoms with E-state index in [0.717, 1.165) is 37.4 Å². The van der Waals surface area contributed by atoms with Crippen molar-refractivity contribution < 1.29 is 0 Å². The normalized spacial score (nSPS) is 17.5. The molecular weight excluding hydrogens is 260 g/mol. The molecule has 0 saturated carbocycles. The van der Waals surface area contributed by atoms with E-state index < -0.39 is 0 Å². The summed E-state index contributed by atoms with van der Waals surface area (Å²) in [5.41, 5.74) is 2.30. The van der Waals surface area contributed by atoms with Crippen molar-refractivity contribution in [1.82, 2.24) is 9.88 Å². The molecular formula is C17H18N4. The summed E-state index contributed by atoms with van der Waals surface area (Å²) in [6.07, 6.45) is 5.18. The van der Waals surface area contributed by atoms with Crippen LogP contribution in [0.4, 0.5) is 5.82 Å². The van der Waals surface area contributed by atoms with Gasteiger partial charge in [0, 0.05) is 31.4 Å². The summed E-state index contributed by atoms with van der Waals surface area (Å²) < 4.78 is 0. The van der Waals surface area contributed by atoms with E-state index in [1.54, 1.807) is 0 Å². The Morgan fingerprint density at radius 2 is 2.05 bits per heavy atom. The number of likely N-dealkylation sites (tertiary alicyclic amines) is 1. The fourth-order valence-corrected chi connectivity index (χ4v) is 2.64. The molecule has 0 amide bonds. The molecule has 1 saturated heterocycles. The van der Waals surface area contributed by atoms with E-state index in [1.807, 2.05) is 35.4 Å². The van der Waals surface area contributed by atoms with Crippen LogP contribution in [-0.2, 0) is 0 Å². The van der Waals surface area contributed by atoms with Crippen molar-refractivity contribution in [2.24, 2.45) is 5.92 Å². The first-order valence-corrected chi connectivity index (χ1v) is 7.25. The van der Waals surface area contributed by atoms with Gasteiger partial charge < -0.3 is 10.2 Å². The van der Waals surface area contributed by atoms with Gasteiger partial charge >= 0.3 is 0 Å². The molecule has 3 rings (SSSR count). The van der Waals surface area contributed by atoms with Gasteiger partial charge in [-0.05, 0) is 30.0 Å². The predicted molar refractivity (Wildman–Crippen MR) is 83.5 cm³/mol. The largest absolute Gasteiger partial charge is 0.370 e. The number of nitriles is 1. The minimum atomic E-state index is 0.528. The number of anilines is 1. The standard InChI is InChI=1S/C17H18N4/c18-13-21-9-8-14(12-21)10-19-17-7-6-16(11-20-17)15-4-2-1-3-5-15/h1-7,11,14H,8-10,12H2,(H,19,20). The first-order valence-electron chi connectivity index (χ1n) is 7.25. The molecule has 0 bridgehead atoms. The molecule has 4 nitrogen and oxygen atoms in total. The lowest BCUT2D eigenvalue weighted by molar-refractivity contribution is 0.460. The average Bonchev–Trinajstić information content (AvgIpc) is 3.02. The highest BCUT2D eigenvalue weighted by atomic mass is 15.1. The number of nitrogens with zero attached hydrogens (tertiary/aromatic N) is 3. The highest BCUT2D eigenvalue weighted by molar-refractivity contribution is 5.63. The third-order valence-electron chi connectivity index (χ3n) is 3.87. The lowest BCUT2D eigenvalue weighted by Gasteiger charge is -2.12. The monoisotopic (exact) mass is 278 g/mol. The van der Waals surface area contributed by atoms with Crippen LogP contribution in [0.3, 0.4) is 0 Å². The molecule has 1 atom stereocenters. The number of pyridine rings is 1. The van der Waals surface area contributed by atoms with Crippen LogP contribution in [-0.4, -0.2) is 29.5 Å². The third kappa shape index (κ3) is 3.32. The van der Waals surface area contributed by atoms with Gasteiger partial charge in [-0.25, -0.2) is 4.98 Å². The van der Waals surface area contributed by atoms with Gasteiger partial charge in [0.25, 0.3) is 0 Å². The van der Waals surface area contributed by atoms with E-state index in [4.69, 9.17) is 5.26 Å². The molecule has 0 aliphatic carbocycles. The second-order valence-corrected chi connectivity index (χ2v) is 5.38. The van der Waals surface area contributed by atoms with E-state index in [9.17, 15) is 0 Å². The Bertz CT molecular complexity index is 615. The number of nitrogens with one attached hydrogen (secondary N) is 1. The highest BCUT2D eigenvalue weighted by Gasteiger charge is 2.20. The maximum atomic E-state index is 8.85. The Hall–Kier alpha value is -2.54. The maximum absolute atomic E-state index is 8.85. The van der Waals surface area contributed by atoms with Gasteiger partial charge in [-0.1, -0.05) is 30.3 Å². The zero-order valence-corrected chi connectivity index (χ0v) is 11.9. The molecule has 2 aromatic rings. The smallest absolute Gasteiger partial charge is 0.179 e. The average molecular weight is 278 g/mol. The van der Waals surface area contributed by atoms with Crippen LogP contribution in [0.15, 0.2) is 48.7 Å². The van der Waals surface area contributed by atoms with Crippen LogP contribution in [0, 0.1) is 17.4 Å². The number of hydrogen-bond acceptors (Lipinski definition) is 4. The summed E-state index contributed by atoms with van der Waals surface area (Å²) in [7, 11) is 0. The molecule has 1 N–H and O–H groups in total. The molecule has 2 heterocycles. The summed E-state index contributed by atoms with van der Waals surface area (Å²) in [5, 5.41) is 12.2. The van der Waals surface area contributed by atoms with Crippen molar-refractivity contribution in [3.05, 3.63) is 48.7 Å². The first kappa shape index (κ1) is 13.4. The fourth-order valence-electron chi connectivity index (χ4n) is 2.64. The first-order chi connectivity index (χ1) is 10.3. The van der Waals surface area contributed by atoms with E-state index in [0.29, 0.717) is 5.92 Å². The number of rotatable bonds is 4. The van der Waals surface area contributed by atoms with Crippen LogP contribution in [0.1, 0.15) is 6.42 Å². The third-order valence-corrected chi connectivity index (χ3v) is 3.87. The Morgan fingerprint density at radius 1 is 1.19 bits per heavy atom. The molecule has 21 heavy (non-hydrogen) atoms. The summed E-state index contributed by atoms with van der Waals surface area (Å²) in [6.45, 7) is 2.60. The Morgan fingerprint density at radius 3 is 2.71 bits per heavy atom. The quantitative estimate of drug-likeness (QED) is 0.874. The molecule has 1 aromatic heterocycles. The second kappa shape index (κ2) is 6.27. The SMILES string of the molecule is N#CN1CCC(CNc2ccc(-c3ccccc3)cn2)C1. The Kier molecular flexibility index (Phi) is 4.02. The van der Waals surface area contributed by atoms with Crippen LogP contribution in [0.25, 0.3) is 11.1 Å². The van der Waals surface area contributed by atoms with Crippen LogP contribution >= 0.6 is 0 Å². The Balaban J connectivity index is 1.57. The molecule has 0 radical (unpaired) electrons. The van der Waals surface area contributed by atoms with E-state index in [-0.39, 0.29) is 0 Å². The van der Waals surface area contributed by atoms with Crippen molar-refractivity contribution in [2.45, 2.75) is 6.42 Å². The van der Waals surface area contributed by atoms with Crippen molar-refractivity contribution in [3.8, 4) is 17.3 Å². The number of aromatic nitrogens is 1. The summed E-state index contributed by atoms with van der Waals surface area (Å²) in [6, 6.07) is 14.3. The second-order valence-electron chi connectivity index (χ2n) is 5.38. The van der Waals surface area contributed by atoms with Crippen molar-refractivity contribution in [1.29, 1.82) is 5.26 Å². The fraction of sp³-hybridized carbons (Fsp3) is 0.294. The lowest BCUT2D eigenvalue weighted by atomic mass is 10.1. The molecule has 0 spiro atoms. The molecule has 1 unspecified atom stereocenters. The van der Waals surface area contributed by atoms with E-state index in [1.165, 1.54) is 5.56 Å². The Labute approximate surface area is 125 Å². The molecule has 1 aliphatic rings. The zero-order chi connectivity index (χ0) is 14.5. The summed E-state index contributed by atoms with van der Waals surface area (Å²) in [5.74, 6) is 1.42. The van der Waals surface area contributed by atoms with Gasteiger partial charge in [-0.3, -0.25) is 0 Å². The van der Waals surface area contributed by atoms with Gasteiger partial charge in [-0.15, -0.1) is 0 Å². The summed E-state index contributed by atoms with van der Waals surface area (Å²) in [4.78, 5) is 6.28. The van der Waals surface area contributed by atoms with E-state index in [2.05, 4.69) is 34.7 Å². The van der Waals surface area contributed by atoms with Gasteiger partial charge in [0.2, 0.25) is 0 Å². The van der Waals surface area contributed by atoms with Gasteiger partial charge in [-0.2, -0.15) is 5.26 Å². The molecule has 4 heteroatoms. The van der Waals surface area contributed by atoms with Crippen LogP contribution in [0.2, 0.25) is 0 Å². The van der Waals surface area contributed by atoms with Gasteiger partial charge in [0.05, 0.1) is 0 Å². The topological polar surface area (TPSA) is 52.0 Å². The van der Waals surface area contributed by atoms with Gasteiger partial charge in [0.1, 0.15) is 5.82 Å². The van der Waals surface area contributed by atoms with Crippen molar-refractivity contribution in [2.75, 3.05) is 25.0 Å². The van der Waals surface area contributed by atoms with Crippen LogP contribution in [0.5, 0.6) is 0 Å². The lowest BCUT2D eigenvalue weighted by Crippen LogP contribution is -2.19. The molecule has 106 valence electrons. The number of benzene rings is 1. The molecule has 1 aromatic carbocycles. The predicted octanol–water partition coefficient (Wildman–Crippen LogP) is 2.96. The molecule has 1 fully saturated rings. The minimum absolute atomic E-state index is 0.528. The van der Waals surface area contributed by atoms with E-state index >= 15 is 0 Å². The summed E-state index contributed by atoms with van der Waals surface area (Å²) >= 11 is 0. The zero-order valence-electron chi connectivity index (χ0n) is 11.9. The van der Waals surface area contributed by atoms with Crippen LogP contribution < -0.4 is 5.32 Å². The number of hydrogen-bond donors (Lipinski definition) is 1. The molecule has 1 aliphatic heterocycles. The van der Waals surface area contributed by atoms with Crippen molar-refractivity contribution in [3.63, 3.8) is 0 Å². The maximum Gasteiger partial charge on any atom is 0.179 e. The van der Waals surface area contributed by atoms with Gasteiger partial charge in [0.15, 0.2) is 6.19 Å². The van der Waals surface area contributed by atoms with Crippen molar-refractivity contribution >= 4 is 5.82 Å².